The first-order chi connectivity index (χ1) is 7.65. The minimum absolute atomic E-state index is 0.734. The average Bonchev–Trinajstić information content (AvgIpc) is 2.66. The number of furan rings is 1. The molecule has 2 nitrogen and oxygen atoms in total. The molecule has 0 amide bonds. The molecule has 0 fully saturated rings. The lowest BCUT2D eigenvalue weighted by Crippen LogP contribution is -2.00. The van der Waals surface area contributed by atoms with Crippen molar-refractivity contribution in [2.24, 2.45) is 0 Å². The number of anilines is 1. The molecule has 0 saturated carbocycles. The van der Waals surface area contributed by atoms with Crippen LogP contribution in [0.3, 0.4) is 0 Å². The summed E-state index contributed by atoms with van der Waals surface area (Å²) in [4.78, 5) is 0. The molecule has 1 heterocycles. The summed E-state index contributed by atoms with van der Waals surface area (Å²) in [6.07, 6.45) is 0. The molecule has 1 N–H and O–H groups in total. The third kappa shape index (κ3) is 2.45. The van der Waals surface area contributed by atoms with Crippen LogP contribution in [0.1, 0.15) is 22.6 Å². The zero-order valence-corrected chi connectivity index (χ0v) is 10.0. The molecule has 0 bridgehead atoms. The van der Waals surface area contributed by atoms with Gasteiger partial charge >= 0.3 is 0 Å². The van der Waals surface area contributed by atoms with Crippen molar-refractivity contribution < 1.29 is 4.42 Å². The van der Waals surface area contributed by atoms with Gasteiger partial charge in [0.25, 0.3) is 0 Å². The topological polar surface area (TPSA) is 25.2 Å². The highest BCUT2D eigenvalue weighted by Crippen LogP contribution is 2.17. The van der Waals surface area contributed by atoms with Crippen LogP contribution in [0, 0.1) is 20.8 Å². The van der Waals surface area contributed by atoms with Crippen LogP contribution in [-0.2, 0) is 6.54 Å². The van der Waals surface area contributed by atoms with Gasteiger partial charge in [0.05, 0.1) is 6.54 Å². The van der Waals surface area contributed by atoms with Gasteiger partial charge in [0.1, 0.15) is 11.5 Å². The highest BCUT2D eigenvalue weighted by molar-refractivity contribution is 5.52. The number of hydrogen-bond donors (Lipinski definition) is 1. The molecule has 1 aromatic carbocycles. The zero-order valence-electron chi connectivity index (χ0n) is 10.0. The fraction of sp³-hybridized carbons (Fsp3) is 0.286. The minimum Gasteiger partial charge on any atom is -0.465 e. The zero-order chi connectivity index (χ0) is 11.5. The first kappa shape index (κ1) is 10.8. The molecule has 0 radical (unpaired) electrons. The summed E-state index contributed by atoms with van der Waals surface area (Å²) in [5.41, 5.74) is 3.70. The van der Waals surface area contributed by atoms with E-state index >= 15 is 0 Å². The number of nitrogens with one attached hydrogen (secondary N) is 1. The molecule has 2 rings (SSSR count). The van der Waals surface area contributed by atoms with Gasteiger partial charge in [-0.25, -0.2) is 0 Å². The molecule has 16 heavy (non-hydrogen) atoms. The molecule has 2 heteroatoms. The van der Waals surface area contributed by atoms with Crippen LogP contribution >= 0.6 is 0 Å². The summed E-state index contributed by atoms with van der Waals surface area (Å²) in [5, 5.41) is 3.39. The van der Waals surface area contributed by atoms with E-state index in [9.17, 15) is 0 Å². The van der Waals surface area contributed by atoms with E-state index in [2.05, 4.69) is 37.4 Å². The van der Waals surface area contributed by atoms with Crippen molar-refractivity contribution in [3.8, 4) is 0 Å². The second-order valence-electron chi connectivity index (χ2n) is 4.18. The average molecular weight is 215 g/mol. The second kappa shape index (κ2) is 4.44. The number of benzene rings is 1. The summed E-state index contributed by atoms with van der Waals surface area (Å²) in [6.45, 7) is 6.90. The third-order valence-electron chi connectivity index (χ3n) is 2.64. The fourth-order valence-corrected chi connectivity index (χ4v) is 1.69. The van der Waals surface area contributed by atoms with E-state index < -0.39 is 0 Å². The Labute approximate surface area is 96.3 Å². The summed E-state index contributed by atoms with van der Waals surface area (Å²) in [7, 11) is 0. The normalized spacial score (nSPS) is 10.4. The van der Waals surface area contributed by atoms with Crippen molar-refractivity contribution >= 4 is 5.69 Å². The van der Waals surface area contributed by atoms with Crippen LogP contribution in [0.5, 0.6) is 0 Å². The Morgan fingerprint density at radius 2 is 1.88 bits per heavy atom. The molecule has 1 aromatic heterocycles. The van der Waals surface area contributed by atoms with E-state index in [1.807, 2.05) is 19.1 Å². The smallest absolute Gasteiger partial charge is 0.123 e. The van der Waals surface area contributed by atoms with Crippen molar-refractivity contribution in [2.45, 2.75) is 27.3 Å². The second-order valence-corrected chi connectivity index (χ2v) is 4.18. The van der Waals surface area contributed by atoms with E-state index in [0.29, 0.717) is 0 Å². The Morgan fingerprint density at radius 3 is 2.56 bits per heavy atom. The Morgan fingerprint density at radius 1 is 1.06 bits per heavy atom. The standard InChI is InChI=1S/C14H17NO/c1-10-4-5-11(2)14(8-10)15-9-13-7-6-12(3)16-13/h4-8,15H,9H2,1-3H3. The molecule has 84 valence electrons. The molecule has 2 aromatic rings. The molecule has 0 saturated heterocycles. The minimum atomic E-state index is 0.734. The molecule has 0 unspecified atom stereocenters. The number of hydrogen-bond acceptors (Lipinski definition) is 2. The summed E-state index contributed by atoms with van der Waals surface area (Å²) < 4.78 is 5.51. The number of aryl methyl sites for hydroxylation is 3. The van der Waals surface area contributed by atoms with E-state index in [-0.39, 0.29) is 0 Å². The molecule has 0 aliphatic heterocycles. The molecule has 0 atom stereocenters. The maximum Gasteiger partial charge on any atom is 0.123 e. The largest absolute Gasteiger partial charge is 0.465 e. The first-order valence-electron chi connectivity index (χ1n) is 5.51. The maximum atomic E-state index is 5.51. The predicted molar refractivity (Wildman–Crippen MR) is 66.7 cm³/mol. The maximum absolute atomic E-state index is 5.51. The highest BCUT2D eigenvalue weighted by atomic mass is 16.3. The Kier molecular flexibility index (Phi) is 3.00. The van der Waals surface area contributed by atoms with E-state index in [4.69, 9.17) is 4.42 Å². The Bertz CT molecular complexity index is 485. The molecule has 0 aliphatic rings. The first-order valence-corrected chi connectivity index (χ1v) is 5.51. The third-order valence-corrected chi connectivity index (χ3v) is 2.64. The fourth-order valence-electron chi connectivity index (χ4n) is 1.69. The van der Waals surface area contributed by atoms with Crippen LogP contribution in [0.25, 0.3) is 0 Å². The van der Waals surface area contributed by atoms with Crippen molar-refractivity contribution in [3.63, 3.8) is 0 Å². The van der Waals surface area contributed by atoms with Gasteiger partial charge in [-0.15, -0.1) is 0 Å². The molecule has 0 aliphatic carbocycles. The predicted octanol–water partition coefficient (Wildman–Crippen LogP) is 3.82. The summed E-state index contributed by atoms with van der Waals surface area (Å²) >= 11 is 0. The quantitative estimate of drug-likeness (QED) is 0.842. The van der Waals surface area contributed by atoms with Crippen molar-refractivity contribution in [3.05, 3.63) is 53.0 Å². The van der Waals surface area contributed by atoms with Crippen LogP contribution < -0.4 is 5.32 Å². The van der Waals surface area contributed by atoms with E-state index in [1.165, 1.54) is 16.8 Å². The van der Waals surface area contributed by atoms with Gasteiger partial charge in [-0.3, -0.25) is 0 Å². The lowest BCUT2D eigenvalue weighted by molar-refractivity contribution is 0.490. The lowest BCUT2D eigenvalue weighted by atomic mass is 10.1. The van der Waals surface area contributed by atoms with Crippen LogP contribution in [0.2, 0.25) is 0 Å². The Balaban J connectivity index is 2.07. The Hall–Kier alpha value is -1.70. The van der Waals surface area contributed by atoms with Crippen molar-refractivity contribution in [1.29, 1.82) is 0 Å². The monoisotopic (exact) mass is 215 g/mol. The van der Waals surface area contributed by atoms with Gasteiger partial charge in [-0.05, 0) is 50.1 Å². The van der Waals surface area contributed by atoms with Gasteiger partial charge in [0.2, 0.25) is 0 Å². The molecule has 0 spiro atoms. The summed E-state index contributed by atoms with van der Waals surface area (Å²) in [6, 6.07) is 10.4. The van der Waals surface area contributed by atoms with E-state index in [0.717, 1.165) is 18.1 Å². The van der Waals surface area contributed by atoms with E-state index in [1.54, 1.807) is 0 Å². The SMILES string of the molecule is Cc1ccc(C)c(NCc2ccc(C)o2)c1. The van der Waals surface area contributed by atoms with Crippen LogP contribution in [-0.4, -0.2) is 0 Å². The summed E-state index contributed by atoms with van der Waals surface area (Å²) in [5.74, 6) is 1.93. The lowest BCUT2D eigenvalue weighted by Gasteiger charge is -2.08. The van der Waals surface area contributed by atoms with Crippen LogP contribution in [0.4, 0.5) is 5.69 Å². The molecular formula is C14H17NO. The molecular weight excluding hydrogens is 198 g/mol. The van der Waals surface area contributed by atoms with Crippen molar-refractivity contribution in [2.75, 3.05) is 5.32 Å². The van der Waals surface area contributed by atoms with Crippen LogP contribution in [0.15, 0.2) is 34.7 Å². The van der Waals surface area contributed by atoms with Crippen molar-refractivity contribution in [1.82, 2.24) is 0 Å². The van der Waals surface area contributed by atoms with Gasteiger partial charge < -0.3 is 9.73 Å². The highest BCUT2D eigenvalue weighted by Gasteiger charge is 2.01. The van der Waals surface area contributed by atoms with Gasteiger partial charge in [0.15, 0.2) is 0 Å². The van der Waals surface area contributed by atoms with Gasteiger partial charge in [0, 0.05) is 5.69 Å². The van der Waals surface area contributed by atoms with Gasteiger partial charge in [-0.1, -0.05) is 12.1 Å². The van der Waals surface area contributed by atoms with Gasteiger partial charge in [-0.2, -0.15) is 0 Å². The number of rotatable bonds is 3.